The number of anilines is 6. The monoisotopic (exact) mass is 1680 g/mol. The molecule has 27 rings (SSSR count). The van der Waals surface area contributed by atoms with Crippen LogP contribution in [0.25, 0.3) is 209 Å². The standard InChI is InChI=1S/C64H41N3O.C60H39N3O/c1-2-13-47(14-3-1)66-61-23-10-6-17-55(61)58-41-46(30-38-62(58)66)43-25-26-45-40-51(33-29-44(45)39-43)65(48-31-27-42(28-32-48)52-19-12-20-57-56-18-7-11-24-63(56)68-64(52)57)49-34-36-50(37-35-49)67-59-21-8-4-15-53(59)54-16-5-9-22-60(54)67;1-2-12-44(13-3-1)62-57-20-10-6-16-51(57)53-38-42(26-36-58(53)62)40-22-28-45(29-23-40)61(46-30-24-41(25-31-46)43-27-37-60-54(39-43)52-17-7-11-21-59(52)64-60)47-32-34-48(35-33-47)63-55-18-8-4-14-49(55)50-15-5-9-19-56(50)63/h1-41H;1-39H. The van der Waals surface area contributed by atoms with Gasteiger partial charge in [-0.25, -0.2) is 0 Å². The number of fused-ring (bicyclic) bond motifs is 19. The molecule has 8 nitrogen and oxygen atoms in total. The molecule has 0 radical (unpaired) electrons. The van der Waals surface area contributed by atoms with Gasteiger partial charge in [0, 0.05) is 127 Å². The van der Waals surface area contributed by atoms with Crippen LogP contribution in [0.5, 0.6) is 0 Å². The second-order valence-electron chi connectivity index (χ2n) is 34.3. The van der Waals surface area contributed by atoms with Gasteiger partial charge in [-0.05, 0) is 262 Å². The van der Waals surface area contributed by atoms with Crippen molar-refractivity contribution >= 4 is 176 Å². The number of hydrogen-bond donors (Lipinski definition) is 0. The fourth-order valence-electron chi connectivity index (χ4n) is 20.6. The van der Waals surface area contributed by atoms with E-state index in [9.17, 15) is 0 Å². The summed E-state index contributed by atoms with van der Waals surface area (Å²) < 4.78 is 22.1. The molecule has 0 bridgehead atoms. The number of hydrogen-bond acceptors (Lipinski definition) is 4. The number of para-hydroxylation sites is 11. The third-order valence-electron chi connectivity index (χ3n) is 26.8. The molecule has 6 heterocycles. The maximum atomic E-state index is 6.47. The van der Waals surface area contributed by atoms with Crippen LogP contribution in [0.4, 0.5) is 34.1 Å². The molecular weight excluding hydrogens is 1610 g/mol. The highest BCUT2D eigenvalue weighted by Gasteiger charge is 2.24. The van der Waals surface area contributed by atoms with Crippen LogP contribution in [0.1, 0.15) is 0 Å². The molecular formula is C124H80N6O2. The van der Waals surface area contributed by atoms with Crippen molar-refractivity contribution in [2.75, 3.05) is 9.80 Å². The lowest BCUT2D eigenvalue weighted by molar-refractivity contribution is 0.669. The van der Waals surface area contributed by atoms with E-state index < -0.39 is 0 Å². The molecule has 0 fully saturated rings. The van der Waals surface area contributed by atoms with Gasteiger partial charge < -0.3 is 36.9 Å². The van der Waals surface area contributed by atoms with Crippen LogP contribution >= 0.6 is 0 Å². The topological polar surface area (TPSA) is 52.5 Å². The Balaban J connectivity index is 0.000000139. The number of furan rings is 2. The third-order valence-corrected chi connectivity index (χ3v) is 26.8. The molecule has 27 aromatic rings. The summed E-state index contributed by atoms with van der Waals surface area (Å²) >= 11 is 0. The lowest BCUT2D eigenvalue weighted by Crippen LogP contribution is -2.10. The number of benzene rings is 21. The van der Waals surface area contributed by atoms with Crippen LogP contribution in [0, 0.1) is 0 Å². The van der Waals surface area contributed by atoms with E-state index in [0.29, 0.717) is 0 Å². The van der Waals surface area contributed by atoms with Gasteiger partial charge in [0.25, 0.3) is 0 Å². The van der Waals surface area contributed by atoms with Crippen molar-refractivity contribution in [2.45, 2.75) is 0 Å². The second-order valence-corrected chi connectivity index (χ2v) is 34.3. The summed E-state index contributed by atoms with van der Waals surface area (Å²) in [7, 11) is 0. The first-order valence-electron chi connectivity index (χ1n) is 45.1. The van der Waals surface area contributed by atoms with Gasteiger partial charge in [-0.15, -0.1) is 0 Å². The molecule has 21 aromatic carbocycles. The van der Waals surface area contributed by atoms with E-state index in [4.69, 9.17) is 8.83 Å². The molecule has 132 heavy (non-hydrogen) atoms. The van der Waals surface area contributed by atoms with Crippen molar-refractivity contribution in [2.24, 2.45) is 0 Å². The van der Waals surface area contributed by atoms with Crippen molar-refractivity contribution in [1.82, 2.24) is 18.3 Å². The highest BCUT2D eigenvalue weighted by molar-refractivity contribution is 6.15. The van der Waals surface area contributed by atoms with E-state index in [2.05, 4.69) is 489 Å². The normalized spacial score (nSPS) is 11.8. The summed E-state index contributed by atoms with van der Waals surface area (Å²) in [5, 5.41) is 16.9. The average molecular weight is 1690 g/mol. The molecule has 0 saturated carbocycles. The van der Waals surface area contributed by atoms with E-state index in [1.54, 1.807) is 0 Å². The van der Waals surface area contributed by atoms with Crippen molar-refractivity contribution in [1.29, 1.82) is 0 Å². The van der Waals surface area contributed by atoms with Crippen LogP contribution in [0.3, 0.4) is 0 Å². The zero-order valence-corrected chi connectivity index (χ0v) is 71.7. The Kier molecular flexibility index (Phi) is 17.8. The minimum atomic E-state index is 0.902. The molecule has 618 valence electrons. The number of nitrogens with zero attached hydrogens (tertiary/aromatic N) is 6. The second kappa shape index (κ2) is 31.1. The first kappa shape index (κ1) is 75.6. The zero-order chi connectivity index (χ0) is 86.9. The third kappa shape index (κ3) is 12.7. The fraction of sp³-hybridized carbons (Fsp3) is 0. The molecule has 0 N–H and O–H groups in total. The Morgan fingerprint density at radius 2 is 0.432 bits per heavy atom. The highest BCUT2D eigenvalue weighted by Crippen LogP contribution is 2.47. The van der Waals surface area contributed by atoms with Gasteiger partial charge in [-0.2, -0.15) is 0 Å². The first-order chi connectivity index (χ1) is 65.4. The summed E-state index contributed by atoms with van der Waals surface area (Å²) in [4.78, 5) is 4.72. The first-order valence-corrected chi connectivity index (χ1v) is 45.1. The smallest absolute Gasteiger partial charge is 0.143 e. The van der Waals surface area contributed by atoms with Crippen molar-refractivity contribution in [3.63, 3.8) is 0 Å². The van der Waals surface area contributed by atoms with Crippen molar-refractivity contribution in [3.05, 3.63) is 485 Å². The minimum absolute atomic E-state index is 0.902. The van der Waals surface area contributed by atoms with Gasteiger partial charge in [0.15, 0.2) is 0 Å². The Labute approximate surface area is 760 Å². The van der Waals surface area contributed by atoms with Crippen LogP contribution in [0.15, 0.2) is 494 Å². The molecule has 0 unspecified atom stereocenters. The van der Waals surface area contributed by atoms with Gasteiger partial charge in [0.1, 0.15) is 22.3 Å². The highest BCUT2D eigenvalue weighted by atomic mass is 16.3. The van der Waals surface area contributed by atoms with E-state index in [-0.39, 0.29) is 0 Å². The van der Waals surface area contributed by atoms with Crippen LogP contribution in [0.2, 0.25) is 0 Å². The lowest BCUT2D eigenvalue weighted by atomic mass is 9.99. The maximum Gasteiger partial charge on any atom is 0.143 e. The Bertz CT molecular complexity index is 9090. The Morgan fingerprint density at radius 3 is 0.886 bits per heavy atom. The maximum absolute atomic E-state index is 6.47. The lowest BCUT2D eigenvalue weighted by Gasteiger charge is -2.26. The Morgan fingerprint density at radius 1 is 0.152 bits per heavy atom. The molecule has 0 aliphatic heterocycles. The molecule has 0 saturated heterocycles. The minimum Gasteiger partial charge on any atom is -0.456 e. The summed E-state index contributed by atoms with van der Waals surface area (Å²) in [6.45, 7) is 0. The van der Waals surface area contributed by atoms with Gasteiger partial charge in [-0.3, -0.25) is 0 Å². The number of rotatable bonds is 14. The summed E-state index contributed by atoms with van der Waals surface area (Å²) in [6.07, 6.45) is 0. The molecule has 0 spiro atoms. The average Bonchev–Trinajstić information content (AvgIpc) is 1.58. The predicted octanol–water partition coefficient (Wildman–Crippen LogP) is 34.3. The molecule has 6 aromatic heterocycles. The van der Waals surface area contributed by atoms with Gasteiger partial charge in [0.2, 0.25) is 0 Å². The van der Waals surface area contributed by atoms with Crippen molar-refractivity contribution in [3.8, 4) is 67.3 Å². The largest absolute Gasteiger partial charge is 0.456 e. The summed E-state index contributed by atoms with van der Waals surface area (Å²) in [5.41, 5.74) is 33.5. The van der Waals surface area contributed by atoms with Gasteiger partial charge in [-0.1, -0.05) is 273 Å². The van der Waals surface area contributed by atoms with Gasteiger partial charge in [0.05, 0.1) is 44.1 Å². The number of aromatic nitrogens is 4. The van der Waals surface area contributed by atoms with E-state index in [0.717, 1.165) is 123 Å². The van der Waals surface area contributed by atoms with E-state index in [1.165, 1.54) is 120 Å². The van der Waals surface area contributed by atoms with Crippen LogP contribution < -0.4 is 9.80 Å². The SMILES string of the molecule is c1ccc(-n2c3ccccc3c3cc(-c4ccc(N(c5ccc(-c6ccc7oc8ccccc8c7c6)cc5)c5ccc(-n6c7ccccc7c7ccccc76)cc5)cc4)ccc32)cc1.c1ccc(-n2c3ccccc3c3cc(-c4ccc5cc(N(c6ccc(-c7cccc8c7oc7ccccc78)cc6)c6ccc(-n7c8ccccc8c8ccccc87)cc6)ccc5c4)ccc32)cc1. The predicted molar refractivity (Wildman–Crippen MR) is 553 cm³/mol. The van der Waals surface area contributed by atoms with Crippen LogP contribution in [-0.2, 0) is 0 Å². The molecule has 8 heteroatoms. The molecule has 0 aliphatic carbocycles. The zero-order valence-electron chi connectivity index (χ0n) is 71.7. The fourth-order valence-corrected chi connectivity index (χ4v) is 20.6. The van der Waals surface area contributed by atoms with E-state index >= 15 is 0 Å². The van der Waals surface area contributed by atoms with Crippen molar-refractivity contribution < 1.29 is 8.83 Å². The molecule has 0 atom stereocenters. The van der Waals surface area contributed by atoms with Crippen LogP contribution in [-0.4, -0.2) is 18.3 Å². The quantitative estimate of drug-likeness (QED) is 0.109. The van der Waals surface area contributed by atoms with Gasteiger partial charge >= 0.3 is 0 Å². The summed E-state index contributed by atoms with van der Waals surface area (Å²) in [5.74, 6) is 0. The summed E-state index contributed by atoms with van der Waals surface area (Å²) in [6, 6.07) is 175. The Hall–Kier alpha value is -17.7. The molecule has 0 amide bonds. The molecule has 0 aliphatic rings. The van der Waals surface area contributed by atoms with E-state index in [1.807, 2.05) is 24.3 Å².